The molecule has 0 bridgehead atoms. The maximum Gasteiger partial charge on any atom is 0.244 e. The molecular weight excluding hydrogens is 290 g/mol. The number of amides is 1. The fourth-order valence-electron chi connectivity index (χ4n) is 2.02. The van der Waals surface area contributed by atoms with Crippen LogP contribution in [0.4, 0.5) is 5.69 Å². The van der Waals surface area contributed by atoms with Crippen molar-refractivity contribution in [3.05, 3.63) is 36.9 Å². The summed E-state index contributed by atoms with van der Waals surface area (Å²) in [5, 5.41) is 2.84. The Labute approximate surface area is 130 Å². The molecular formula is C15H20ClN3O2. The minimum absolute atomic E-state index is 0. The molecule has 1 aromatic carbocycles. The second kappa shape index (κ2) is 7.24. The molecule has 0 saturated heterocycles. The number of carbonyl (C=O) groups excluding carboxylic acids is 1. The number of benzene rings is 1. The van der Waals surface area contributed by atoms with Gasteiger partial charge in [-0.25, -0.2) is 4.98 Å². The lowest BCUT2D eigenvalue weighted by molar-refractivity contribution is -0.120. The molecule has 1 atom stereocenters. The number of oxazole rings is 1. The van der Waals surface area contributed by atoms with Crippen LogP contribution in [0.2, 0.25) is 0 Å². The third kappa shape index (κ3) is 4.31. The Kier molecular flexibility index (Phi) is 5.93. The van der Waals surface area contributed by atoms with Gasteiger partial charge in [-0.15, -0.1) is 12.4 Å². The van der Waals surface area contributed by atoms with E-state index < -0.39 is 5.54 Å². The van der Waals surface area contributed by atoms with E-state index in [4.69, 9.17) is 10.2 Å². The predicted octanol–water partition coefficient (Wildman–Crippen LogP) is 3.22. The van der Waals surface area contributed by atoms with Gasteiger partial charge < -0.3 is 15.5 Å². The van der Waals surface area contributed by atoms with E-state index in [2.05, 4.69) is 10.3 Å². The number of hydrogen-bond acceptors (Lipinski definition) is 4. The van der Waals surface area contributed by atoms with Gasteiger partial charge in [0, 0.05) is 11.3 Å². The van der Waals surface area contributed by atoms with Crippen LogP contribution in [-0.2, 0) is 4.79 Å². The Balaban J connectivity index is 0.00000220. The summed E-state index contributed by atoms with van der Waals surface area (Å²) < 4.78 is 5.24. The number of nitrogens with zero attached hydrogens (tertiary/aromatic N) is 1. The van der Waals surface area contributed by atoms with Crippen LogP contribution >= 0.6 is 12.4 Å². The summed E-state index contributed by atoms with van der Waals surface area (Å²) in [6.45, 7) is 3.75. The van der Waals surface area contributed by atoms with Gasteiger partial charge in [-0.3, -0.25) is 4.79 Å². The van der Waals surface area contributed by atoms with Gasteiger partial charge >= 0.3 is 0 Å². The lowest BCUT2D eigenvalue weighted by Crippen LogP contribution is -2.48. The third-order valence-corrected chi connectivity index (χ3v) is 3.13. The van der Waals surface area contributed by atoms with Gasteiger partial charge in [0.15, 0.2) is 12.2 Å². The van der Waals surface area contributed by atoms with Crippen molar-refractivity contribution < 1.29 is 9.21 Å². The predicted molar refractivity (Wildman–Crippen MR) is 85.3 cm³/mol. The van der Waals surface area contributed by atoms with E-state index in [0.717, 1.165) is 12.0 Å². The molecule has 3 N–H and O–H groups in total. The molecule has 1 aromatic heterocycles. The van der Waals surface area contributed by atoms with Gasteiger partial charge in [0.05, 0.1) is 11.7 Å². The molecule has 114 valence electrons. The molecule has 0 fully saturated rings. The van der Waals surface area contributed by atoms with Gasteiger partial charge in [0.2, 0.25) is 5.91 Å². The number of hydrogen-bond donors (Lipinski definition) is 2. The first-order chi connectivity index (χ1) is 9.53. The second-order valence-corrected chi connectivity index (χ2v) is 5.07. The van der Waals surface area contributed by atoms with Crippen LogP contribution < -0.4 is 11.1 Å². The van der Waals surface area contributed by atoms with Crippen LogP contribution in [0.3, 0.4) is 0 Å². The molecule has 0 aliphatic carbocycles. The average molecular weight is 310 g/mol. The molecule has 5 nitrogen and oxygen atoms in total. The lowest BCUT2D eigenvalue weighted by atomic mass is 9.96. The minimum atomic E-state index is -0.864. The molecule has 0 saturated carbocycles. The van der Waals surface area contributed by atoms with Gasteiger partial charge in [0.25, 0.3) is 0 Å². The average Bonchev–Trinajstić information content (AvgIpc) is 2.93. The van der Waals surface area contributed by atoms with Crippen LogP contribution in [-0.4, -0.2) is 16.4 Å². The highest BCUT2D eigenvalue weighted by Gasteiger charge is 2.27. The maximum absolute atomic E-state index is 12.2. The Morgan fingerprint density at radius 3 is 2.86 bits per heavy atom. The first-order valence-electron chi connectivity index (χ1n) is 6.62. The van der Waals surface area contributed by atoms with Crippen LogP contribution in [0.15, 0.2) is 41.3 Å². The van der Waals surface area contributed by atoms with E-state index in [1.807, 2.05) is 31.2 Å². The van der Waals surface area contributed by atoms with Crippen molar-refractivity contribution in [2.24, 2.45) is 5.73 Å². The number of halogens is 1. The topological polar surface area (TPSA) is 81.2 Å². The van der Waals surface area contributed by atoms with E-state index in [0.29, 0.717) is 17.9 Å². The minimum Gasteiger partial charge on any atom is -0.444 e. The molecule has 1 heterocycles. The van der Waals surface area contributed by atoms with Crippen LogP contribution in [0.5, 0.6) is 0 Å². The number of anilines is 1. The van der Waals surface area contributed by atoms with Gasteiger partial charge in [-0.2, -0.15) is 0 Å². The van der Waals surface area contributed by atoms with E-state index in [9.17, 15) is 4.79 Å². The molecule has 1 unspecified atom stereocenters. The summed E-state index contributed by atoms with van der Waals surface area (Å²) in [7, 11) is 0. The number of aromatic nitrogens is 1. The van der Waals surface area contributed by atoms with Crippen molar-refractivity contribution in [3.8, 4) is 11.3 Å². The summed E-state index contributed by atoms with van der Waals surface area (Å²) in [6.07, 6.45) is 4.50. The smallest absolute Gasteiger partial charge is 0.244 e. The SMILES string of the molecule is CCCC(C)(N)C(=O)Nc1cccc(-c2cnco2)c1.Cl. The summed E-state index contributed by atoms with van der Waals surface area (Å²) in [5.74, 6) is 0.472. The standard InChI is InChI=1S/C15H19N3O2.ClH/c1-3-7-15(2,16)14(19)18-12-6-4-5-11(8-12)13-9-17-10-20-13;/h4-6,8-10H,3,7,16H2,1-2H3,(H,18,19);1H. The Morgan fingerprint density at radius 2 is 2.24 bits per heavy atom. The molecule has 2 rings (SSSR count). The molecule has 0 aliphatic rings. The highest BCUT2D eigenvalue weighted by Crippen LogP contribution is 2.22. The fraction of sp³-hybridized carbons (Fsp3) is 0.333. The molecule has 6 heteroatoms. The lowest BCUT2D eigenvalue weighted by Gasteiger charge is -2.22. The van der Waals surface area contributed by atoms with Crippen molar-refractivity contribution >= 4 is 24.0 Å². The first-order valence-corrected chi connectivity index (χ1v) is 6.62. The first kappa shape index (κ1) is 17.2. The zero-order valence-corrected chi connectivity index (χ0v) is 12.9. The fourth-order valence-corrected chi connectivity index (χ4v) is 2.02. The van der Waals surface area contributed by atoms with Crippen LogP contribution in [0, 0.1) is 0 Å². The van der Waals surface area contributed by atoms with Gasteiger partial charge in [-0.1, -0.05) is 25.5 Å². The van der Waals surface area contributed by atoms with Crippen molar-refractivity contribution in [1.82, 2.24) is 4.98 Å². The number of nitrogens with two attached hydrogens (primary N) is 1. The summed E-state index contributed by atoms with van der Waals surface area (Å²) in [6, 6.07) is 7.39. The van der Waals surface area contributed by atoms with Crippen molar-refractivity contribution in [3.63, 3.8) is 0 Å². The van der Waals surface area contributed by atoms with Gasteiger partial charge in [0.1, 0.15) is 0 Å². The highest BCUT2D eigenvalue weighted by atomic mass is 35.5. The monoisotopic (exact) mass is 309 g/mol. The molecule has 1 amide bonds. The molecule has 21 heavy (non-hydrogen) atoms. The molecule has 0 aliphatic heterocycles. The third-order valence-electron chi connectivity index (χ3n) is 3.13. The summed E-state index contributed by atoms with van der Waals surface area (Å²) in [4.78, 5) is 16.0. The zero-order valence-electron chi connectivity index (χ0n) is 12.1. The van der Waals surface area contributed by atoms with Crippen LogP contribution in [0.1, 0.15) is 26.7 Å². The highest BCUT2D eigenvalue weighted by molar-refractivity contribution is 5.98. The normalized spacial score (nSPS) is 13.1. The zero-order chi connectivity index (χ0) is 14.6. The van der Waals surface area contributed by atoms with Crippen molar-refractivity contribution in [2.75, 3.05) is 5.32 Å². The molecule has 2 aromatic rings. The Bertz CT molecular complexity index is 582. The van der Waals surface area contributed by atoms with Crippen LogP contribution in [0.25, 0.3) is 11.3 Å². The van der Waals surface area contributed by atoms with E-state index >= 15 is 0 Å². The quantitative estimate of drug-likeness (QED) is 0.888. The van der Waals surface area contributed by atoms with E-state index in [1.54, 1.807) is 13.1 Å². The number of carbonyl (C=O) groups is 1. The maximum atomic E-state index is 12.2. The van der Waals surface area contributed by atoms with Gasteiger partial charge in [-0.05, 0) is 25.5 Å². The largest absolute Gasteiger partial charge is 0.444 e. The van der Waals surface area contributed by atoms with E-state index in [-0.39, 0.29) is 18.3 Å². The second-order valence-electron chi connectivity index (χ2n) is 5.07. The summed E-state index contributed by atoms with van der Waals surface area (Å²) in [5.41, 5.74) is 6.69. The number of nitrogens with one attached hydrogen (secondary N) is 1. The van der Waals surface area contributed by atoms with Crippen molar-refractivity contribution in [1.29, 1.82) is 0 Å². The summed E-state index contributed by atoms with van der Waals surface area (Å²) >= 11 is 0. The van der Waals surface area contributed by atoms with E-state index in [1.165, 1.54) is 6.39 Å². The van der Waals surface area contributed by atoms with Crippen molar-refractivity contribution in [2.45, 2.75) is 32.2 Å². The Hall–Kier alpha value is -1.85. The Morgan fingerprint density at radius 1 is 1.48 bits per heavy atom. The molecule has 0 spiro atoms. The molecule has 0 radical (unpaired) electrons. The number of rotatable bonds is 5.